The summed E-state index contributed by atoms with van der Waals surface area (Å²) in [5, 5.41) is 1.92. The molecule has 1 aliphatic rings. The first-order valence-corrected chi connectivity index (χ1v) is 15.9. The maximum absolute atomic E-state index is 13.8. The summed E-state index contributed by atoms with van der Waals surface area (Å²) in [6.45, 7) is 2.85. The Kier molecular flexibility index (Phi) is 10.6. The van der Waals surface area contributed by atoms with E-state index in [0.717, 1.165) is 22.3 Å². The molecule has 1 fully saturated rings. The smallest absolute Gasteiger partial charge is 0.248 e. The van der Waals surface area contributed by atoms with Crippen LogP contribution in [0.2, 0.25) is 0 Å². The minimum absolute atomic E-state index is 0.0131. The first kappa shape index (κ1) is 32.2. The second-order valence-corrected chi connectivity index (χ2v) is 11.8. The van der Waals surface area contributed by atoms with E-state index in [0.29, 0.717) is 42.3 Å². The third-order valence-corrected chi connectivity index (χ3v) is 8.84. The fourth-order valence-electron chi connectivity index (χ4n) is 5.11. The van der Waals surface area contributed by atoms with Gasteiger partial charge in [-0.05, 0) is 79.1 Å². The SMILES string of the molecule is CCOc1ccc(CCNC(=O)C[C@H]2S[C@@H](c3ccc(C#Cc4ccccc4)cc3)N(c3cccc(C(N)=O)c3)C2=O)cc1OC. The number of nitrogens with two attached hydrogens (primary N) is 1. The van der Waals surface area contributed by atoms with E-state index in [1.807, 2.05) is 79.7 Å². The third kappa shape index (κ3) is 7.89. The van der Waals surface area contributed by atoms with E-state index in [4.69, 9.17) is 15.2 Å². The summed E-state index contributed by atoms with van der Waals surface area (Å²) in [7, 11) is 1.59. The van der Waals surface area contributed by atoms with Crippen LogP contribution >= 0.6 is 11.8 Å². The number of benzene rings is 4. The minimum Gasteiger partial charge on any atom is -0.493 e. The molecule has 0 bridgehead atoms. The van der Waals surface area contributed by atoms with Crippen molar-refractivity contribution in [1.82, 2.24) is 5.32 Å². The number of anilines is 1. The van der Waals surface area contributed by atoms with Crippen LogP contribution in [0.25, 0.3) is 0 Å². The van der Waals surface area contributed by atoms with E-state index >= 15 is 0 Å². The lowest BCUT2D eigenvalue weighted by molar-refractivity contribution is -0.124. The average Bonchev–Trinajstić information content (AvgIpc) is 3.40. The van der Waals surface area contributed by atoms with E-state index in [1.165, 1.54) is 11.8 Å². The number of hydrogen-bond acceptors (Lipinski definition) is 6. The molecule has 1 heterocycles. The second kappa shape index (κ2) is 15.2. The van der Waals surface area contributed by atoms with Crippen LogP contribution in [0.4, 0.5) is 5.69 Å². The summed E-state index contributed by atoms with van der Waals surface area (Å²) in [4.78, 5) is 40.5. The normalized spacial score (nSPS) is 15.5. The number of rotatable bonds is 11. The van der Waals surface area contributed by atoms with Gasteiger partial charge in [0.15, 0.2) is 11.5 Å². The van der Waals surface area contributed by atoms with Crippen molar-refractivity contribution in [2.24, 2.45) is 5.73 Å². The topological polar surface area (TPSA) is 111 Å². The number of carbonyl (C=O) groups excluding carboxylic acids is 3. The summed E-state index contributed by atoms with van der Waals surface area (Å²) >= 11 is 1.41. The van der Waals surface area contributed by atoms with Crippen LogP contribution in [-0.4, -0.2) is 43.2 Å². The number of methoxy groups -OCH3 is 1. The molecular formula is C37H35N3O5S. The molecule has 5 rings (SSSR count). The van der Waals surface area contributed by atoms with E-state index in [1.54, 1.807) is 36.3 Å². The predicted octanol–water partition coefficient (Wildman–Crippen LogP) is 5.49. The monoisotopic (exact) mass is 633 g/mol. The first-order valence-electron chi connectivity index (χ1n) is 15.0. The Bertz CT molecular complexity index is 1770. The zero-order chi connectivity index (χ0) is 32.5. The number of amides is 3. The lowest BCUT2D eigenvalue weighted by atomic mass is 10.1. The summed E-state index contributed by atoms with van der Waals surface area (Å²) in [5.41, 5.74) is 10.0. The highest BCUT2D eigenvalue weighted by Gasteiger charge is 2.42. The van der Waals surface area contributed by atoms with Crippen LogP contribution in [0.3, 0.4) is 0 Å². The van der Waals surface area contributed by atoms with Gasteiger partial charge in [0, 0.05) is 35.3 Å². The quantitative estimate of drug-likeness (QED) is 0.212. The molecule has 4 aromatic carbocycles. The molecule has 0 saturated carbocycles. The number of nitrogens with zero attached hydrogens (tertiary/aromatic N) is 1. The molecule has 8 nitrogen and oxygen atoms in total. The molecular weight excluding hydrogens is 598 g/mol. The minimum atomic E-state index is -0.620. The number of primary amides is 1. The lowest BCUT2D eigenvalue weighted by Gasteiger charge is -2.24. The van der Waals surface area contributed by atoms with Gasteiger partial charge in [0.2, 0.25) is 17.7 Å². The standard InChI is InChI=1S/C37H35N3O5S/c1-3-45-31-19-16-27(22-32(31)44-2)20-21-39-34(41)24-33-36(43)40(30-11-7-10-29(23-30)35(38)42)37(46-33)28-17-14-26(15-18-28)13-12-25-8-5-4-6-9-25/h4-11,14-19,22-23,33,37H,3,20-21,24H2,1-2H3,(H2,38,42)(H,39,41)/t33-,37+/m1/s1. The Hall–Kier alpha value is -5.20. The van der Waals surface area contributed by atoms with Gasteiger partial charge >= 0.3 is 0 Å². The largest absolute Gasteiger partial charge is 0.493 e. The van der Waals surface area contributed by atoms with Gasteiger partial charge < -0.3 is 20.5 Å². The molecule has 2 atom stereocenters. The Morgan fingerprint density at radius 2 is 1.65 bits per heavy atom. The number of hydrogen-bond donors (Lipinski definition) is 2. The van der Waals surface area contributed by atoms with Crippen molar-refractivity contribution in [3.8, 4) is 23.3 Å². The van der Waals surface area contributed by atoms with Crippen molar-refractivity contribution in [1.29, 1.82) is 0 Å². The van der Waals surface area contributed by atoms with Gasteiger partial charge in [-0.2, -0.15) is 0 Å². The van der Waals surface area contributed by atoms with Crippen LogP contribution in [0.15, 0.2) is 97.1 Å². The van der Waals surface area contributed by atoms with Crippen molar-refractivity contribution in [3.63, 3.8) is 0 Å². The first-order chi connectivity index (χ1) is 22.4. The van der Waals surface area contributed by atoms with Crippen molar-refractivity contribution in [2.45, 2.75) is 30.4 Å². The summed E-state index contributed by atoms with van der Waals surface area (Å²) in [6, 6.07) is 29.9. The lowest BCUT2D eigenvalue weighted by Crippen LogP contribution is -2.34. The highest BCUT2D eigenvalue weighted by molar-refractivity contribution is 8.01. The van der Waals surface area contributed by atoms with Gasteiger partial charge in [-0.25, -0.2) is 0 Å². The highest BCUT2D eigenvalue weighted by Crippen LogP contribution is 2.46. The van der Waals surface area contributed by atoms with Crippen LogP contribution in [-0.2, 0) is 16.0 Å². The number of thioether (sulfide) groups is 1. The molecule has 0 unspecified atom stereocenters. The van der Waals surface area contributed by atoms with Gasteiger partial charge in [0.05, 0.1) is 19.0 Å². The van der Waals surface area contributed by atoms with E-state index in [2.05, 4.69) is 17.2 Å². The van der Waals surface area contributed by atoms with E-state index in [9.17, 15) is 14.4 Å². The maximum atomic E-state index is 13.8. The van der Waals surface area contributed by atoms with Crippen LogP contribution in [0.5, 0.6) is 11.5 Å². The summed E-state index contributed by atoms with van der Waals surface area (Å²) in [6.07, 6.45) is 0.605. The molecule has 46 heavy (non-hydrogen) atoms. The fraction of sp³-hybridized carbons (Fsp3) is 0.216. The second-order valence-electron chi connectivity index (χ2n) is 10.6. The molecule has 0 spiro atoms. The van der Waals surface area contributed by atoms with Gasteiger partial charge in [-0.15, -0.1) is 11.8 Å². The molecule has 0 aromatic heterocycles. The summed E-state index contributed by atoms with van der Waals surface area (Å²) < 4.78 is 11.0. The molecule has 3 N–H and O–H groups in total. The Labute approximate surface area is 273 Å². The predicted molar refractivity (Wildman–Crippen MR) is 181 cm³/mol. The number of ether oxygens (including phenoxy) is 2. The molecule has 4 aromatic rings. The van der Waals surface area contributed by atoms with Crippen molar-refractivity contribution >= 4 is 35.2 Å². The van der Waals surface area contributed by atoms with Gasteiger partial charge in [-0.1, -0.05) is 54.3 Å². The van der Waals surface area contributed by atoms with Gasteiger partial charge in [0.25, 0.3) is 0 Å². The van der Waals surface area contributed by atoms with Crippen molar-refractivity contribution in [2.75, 3.05) is 25.2 Å². The Balaban J connectivity index is 1.30. The third-order valence-electron chi connectivity index (χ3n) is 7.40. The zero-order valence-electron chi connectivity index (χ0n) is 25.7. The maximum Gasteiger partial charge on any atom is 0.248 e. The van der Waals surface area contributed by atoms with Crippen LogP contribution < -0.4 is 25.4 Å². The average molecular weight is 634 g/mol. The van der Waals surface area contributed by atoms with Crippen LogP contribution in [0.1, 0.15) is 51.3 Å². The number of carbonyl (C=O) groups is 3. The Morgan fingerprint density at radius 3 is 2.35 bits per heavy atom. The highest BCUT2D eigenvalue weighted by atomic mass is 32.2. The van der Waals surface area contributed by atoms with Crippen LogP contribution in [0, 0.1) is 11.8 Å². The molecule has 0 radical (unpaired) electrons. The molecule has 1 saturated heterocycles. The molecule has 0 aliphatic carbocycles. The molecule has 234 valence electrons. The zero-order valence-corrected chi connectivity index (χ0v) is 26.5. The molecule has 9 heteroatoms. The van der Waals surface area contributed by atoms with Crippen molar-refractivity contribution < 1.29 is 23.9 Å². The number of nitrogens with one attached hydrogen (secondary N) is 1. The van der Waals surface area contributed by atoms with Crippen molar-refractivity contribution in [3.05, 3.63) is 125 Å². The van der Waals surface area contributed by atoms with E-state index in [-0.39, 0.29) is 18.2 Å². The van der Waals surface area contributed by atoms with Gasteiger partial charge in [0.1, 0.15) is 5.37 Å². The fourth-order valence-corrected chi connectivity index (χ4v) is 6.56. The summed E-state index contributed by atoms with van der Waals surface area (Å²) in [5.74, 6) is 6.63. The molecule has 1 aliphatic heterocycles. The molecule has 3 amide bonds. The Morgan fingerprint density at radius 1 is 0.913 bits per heavy atom. The van der Waals surface area contributed by atoms with Gasteiger partial charge in [-0.3, -0.25) is 19.3 Å². The van der Waals surface area contributed by atoms with E-state index < -0.39 is 16.5 Å².